The van der Waals surface area contributed by atoms with Crippen LogP contribution in [0, 0.1) is 5.41 Å². The third-order valence-electron chi connectivity index (χ3n) is 3.82. The Balaban J connectivity index is 2.07. The largest absolute Gasteiger partial charge is 0.384 e. The summed E-state index contributed by atoms with van der Waals surface area (Å²) in [6.45, 7) is 4.42. The summed E-state index contributed by atoms with van der Waals surface area (Å²) in [4.78, 5) is 16.2. The molecule has 1 fully saturated rings. The lowest BCUT2D eigenvalue weighted by Crippen LogP contribution is -2.47. The summed E-state index contributed by atoms with van der Waals surface area (Å²) in [5.41, 5.74) is 6.15. The van der Waals surface area contributed by atoms with Crippen molar-refractivity contribution in [2.24, 2.45) is 5.41 Å². The molecule has 1 aromatic rings. The van der Waals surface area contributed by atoms with Crippen molar-refractivity contribution in [3.63, 3.8) is 0 Å². The number of hydrogen-bond donors (Lipinski definition) is 2. The molecular formula is C14H21N3O. The molecule has 0 saturated heterocycles. The van der Waals surface area contributed by atoms with Gasteiger partial charge in [0.25, 0.3) is 5.91 Å². The molecule has 0 bridgehead atoms. The Morgan fingerprint density at radius 2 is 2.22 bits per heavy atom. The van der Waals surface area contributed by atoms with Crippen LogP contribution in [0.4, 0.5) is 5.82 Å². The Kier molecular flexibility index (Phi) is 3.55. The molecule has 98 valence electrons. The maximum Gasteiger partial charge on any atom is 0.270 e. The number of nitrogens with zero attached hydrogens (tertiary/aromatic N) is 1. The predicted molar refractivity (Wildman–Crippen MR) is 72.2 cm³/mol. The zero-order valence-electron chi connectivity index (χ0n) is 11.1. The van der Waals surface area contributed by atoms with Gasteiger partial charge in [0.05, 0.1) is 0 Å². The SMILES string of the molecule is CC1(C)CCCCC1NC(=O)c1cccc(N)n1. The molecule has 1 atom stereocenters. The monoisotopic (exact) mass is 247 g/mol. The molecule has 1 aromatic heterocycles. The van der Waals surface area contributed by atoms with Gasteiger partial charge in [-0.15, -0.1) is 0 Å². The maximum absolute atomic E-state index is 12.1. The zero-order chi connectivity index (χ0) is 13.2. The van der Waals surface area contributed by atoms with Crippen molar-refractivity contribution in [2.75, 3.05) is 5.73 Å². The van der Waals surface area contributed by atoms with E-state index in [-0.39, 0.29) is 17.4 Å². The molecule has 2 rings (SSSR count). The standard InChI is InChI=1S/C14H21N3O/c1-14(2)9-4-3-7-11(14)17-13(18)10-6-5-8-12(15)16-10/h5-6,8,11H,3-4,7,9H2,1-2H3,(H2,15,16)(H,17,18). The summed E-state index contributed by atoms with van der Waals surface area (Å²) in [5.74, 6) is 0.257. The first kappa shape index (κ1) is 12.9. The van der Waals surface area contributed by atoms with Gasteiger partial charge in [-0.25, -0.2) is 4.98 Å². The van der Waals surface area contributed by atoms with Crippen molar-refractivity contribution < 1.29 is 4.79 Å². The van der Waals surface area contributed by atoms with E-state index in [1.165, 1.54) is 12.8 Å². The summed E-state index contributed by atoms with van der Waals surface area (Å²) in [5, 5.41) is 3.10. The fraction of sp³-hybridized carbons (Fsp3) is 0.571. The molecule has 0 radical (unpaired) electrons. The van der Waals surface area contributed by atoms with Gasteiger partial charge >= 0.3 is 0 Å². The summed E-state index contributed by atoms with van der Waals surface area (Å²) < 4.78 is 0. The minimum atomic E-state index is -0.123. The van der Waals surface area contributed by atoms with Gasteiger partial charge in [0.1, 0.15) is 11.5 Å². The van der Waals surface area contributed by atoms with Crippen molar-refractivity contribution in [1.29, 1.82) is 0 Å². The number of amides is 1. The molecule has 1 aliphatic carbocycles. The predicted octanol–water partition coefficient (Wildman–Crippen LogP) is 2.36. The van der Waals surface area contributed by atoms with E-state index in [4.69, 9.17) is 5.73 Å². The zero-order valence-corrected chi connectivity index (χ0v) is 11.1. The van der Waals surface area contributed by atoms with Crippen molar-refractivity contribution in [3.8, 4) is 0 Å². The van der Waals surface area contributed by atoms with E-state index in [0.29, 0.717) is 11.5 Å². The van der Waals surface area contributed by atoms with Crippen LogP contribution in [0.15, 0.2) is 18.2 Å². The van der Waals surface area contributed by atoms with Crippen LogP contribution < -0.4 is 11.1 Å². The number of pyridine rings is 1. The second-order valence-electron chi connectivity index (χ2n) is 5.71. The van der Waals surface area contributed by atoms with E-state index in [9.17, 15) is 4.79 Å². The first-order chi connectivity index (χ1) is 8.49. The van der Waals surface area contributed by atoms with Crippen LogP contribution >= 0.6 is 0 Å². The highest BCUT2D eigenvalue weighted by Gasteiger charge is 2.33. The molecule has 1 saturated carbocycles. The highest BCUT2D eigenvalue weighted by atomic mass is 16.1. The van der Waals surface area contributed by atoms with Gasteiger partial charge in [0, 0.05) is 6.04 Å². The van der Waals surface area contributed by atoms with Crippen LogP contribution in [0.25, 0.3) is 0 Å². The molecule has 4 heteroatoms. The van der Waals surface area contributed by atoms with Gasteiger partial charge in [-0.2, -0.15) is 0 Å². The number of hydrogen-bond acceptors (Lipinski definition) is 3. The van der Waals surface area contributed by atoms with E-state index < -0.39 is 0 Å². The van der Waals surface area contributed by atoms with Crippen LogP contribution in [0.1, 0.15) is 50.0 Å². The first-order valence-electron chi connectivity index (χ1n) is 6.52. The van der Waals surface area contributed by atoms with E-state index in [1.54, 1.807) is 18.2 Å². The maximum atomic E-state index is 12.1. The number of carbonyl (C=O) groups excluding carboxylic acids is 1. The van der Waals surface area contributed by atoms with E-state index >= 15 is 0 Å². The van der Waals surface area contributed by atoms with Gasteiger partial charge in [0.15, 0.2) is 0 Å². The van der Waals surface area contributed by atoms with E-state index in [0.717, 1.165) is 12.8 Å². The second-order valence-corrected chi connectivity index (χ2v) is 5.71. The fourth-order valence-corrected chi connectivity index (χ4v) is 2.57. The molecule has 1 amide bonds. The Morgan fingerprint density at radius 3 is 2.89 bits per heavy atom. The number of carbonyl (C=O) groups is 1. The Morgan fingerprint density at radius 1 is 1.44 bits per heavy atom. The summed E-state index contributed by atoms with van der Waals surface area (Å²) in [6, 6.07) is 5.36. The van der Waals surface area contributed by atoms with E-state index in [2.05, 4.69) is 24.1 Å². The number of aromatic nitrogens is 1. The Bertz CT molecular complexity index is 442. The van der Waals surface area contributed by atoms with Gasteiger partial charge in [-0.05, 0) is 30.4 Å². The molecule has 0 aliphatic heterocycles. The first-order valence-corrected chi connectivity index (χ1v) is 6.52. The number of rotatable bonds is 2. The van der Waals surface area contributed by atoms with Crippen molar-refractivity contribution in [2.45, 2.75) is 45.6 Å². The quantitative estimate of drug-likeness (QED) is 0.843. The normalized spacial score (nSPS) is 22.4. The molecule has 1 unspecified atom stereocenters. The number of anilines is 1. The third kappa shape index (κ3) is 2.81. The molecule has 18 heavy (non-hydrogen) atoms. The minimum Gasteiger partial charge on any atom is -0.384 e. The summed E-state index contributed by atoms with van der Waals surface area (Å²) >= 11 is 0. The molecular weight excluding hydrogens is 226 g/mol. The van der Waals surface area contributed by atoms with Crippen LogP contribution in [0.3, 0.4) is 0 Å². The number of nitrogens with one attached hydrogen (secondary N) is 1. The molecule has 0 spiro atoms. The van der Waals surface area contributed by atoms with Crippen LogP contribution in [-0.4, -0.2) is 16.9 Å². The topological polar surface area (TPSA) is 68.0 Å². The van der Waals surface area contributed by atoms with Gasteiger partial charge in [-0.1, -0.05) is 32.8 Å². The third-order valence-corrected chi connectivity index (χ3v) is 3.82. The minimum absolute atomic E-state index is 0.123. The molecule has 1 aliphatic rings. The lowest BCUT2D eigenvalue weighted by atomic mass is 9.73. The highest BCUT2D eigenvalue weighted by molar-refractivity contribution is 5.92. The number of nitrogen functional groups attached to an aromatic ring is 1. The van der Waals surface area contributed by atoms with Crippen molar-refractivity contribution in [1.82, 2.24) is 10.3 Å². The summed E-state index contributed by atoms with van der Waals surface area (Å²) in [6.07, 6.45) is 4.62. The molecule has 4 nitrogen and oxygen atoms in total. The smallest absolute Gasteiger partial charge is 0.270 e. The molecule has 0 aromatic carbocycles. The molecule has 3 N–H and O–H groups in total. The fourth-order valence-electron chi connectivity index (χ4n) is 2.57. The van der Waals surface area contributed by atoms with Crippen molar-refractivity contribution >= 4 is 11.7 Å². The van der Waals surface area contributed by atoms with Gasteiger partial charge in [-0.3, -0.25) is 4.79 Å². The Hall–Kier alpha value is -1.58. The Labute approximate surface area is 108 Å². The van der Waals surface area contributed by atoms with E-state index in [1.807, 2.05) is 0 Å². The average molecular weight is 247 g/mol. The lowest BCUT2D eigenvalue weighted by Gasteiger charge is -2.38. The van der Waals surface area contributed by atoms with Gasteiger partial charge in [0.2, 0.25) is 0 Å². The second kappa shape index (κ2) is 4.96. The molecule has 1 heterocycles. The van der Waals surface area contributed by atoms with Crippen LogP contribution in [0.2, 0.25) is 0 Å². The average Bonchev–Trinajstić information content (AvgIpc) is 2.31. The lowest BCUT2D eigenvalue weighted by molar-refractivity contribution is 0.0848. The highest BCUT2D eigenvalue weighted by Crippen LogP contribution is 2.35. The van der Waals surface area contributed by atoms with Gasteiger partial charge < -0.3 is 11.1 Å². The number of nitrogens with two attached hydrogens (primary N) is 1. The summed E-state index contributed by atoms with van der Waals surface area (Å²) in [7, 11) is 0. The van der Waals surface area contributed by atoms with Crippen molar-refractivity contribution in [3.05, 3.63) is 23.9 Å². The van der Waals surface area contributed by atoms with Crippen LogP contribution in [-0.2, 0) is 0 Å². The van der Waals surface area contributed by atoms with Crippen LogP contribution in [0.5, 0.6) is 0 Å².